The molecule has 2 N–H and O–H groups in total. The highest BCUT2D eigenvalue weighted by Crippen LogP contribution is 2.19. The summed E-state index contributed by atoms with van der Waals surface area (Å²) in [5.74, 6) is -1.61. The van der Waals surface area contributed by atoms with E-state index in [2.05, 4.69) is 9.97 Å². The van der Waals surface area contributed by atoms with Crippen molar-refractivity contribution in [3.05, 3.63) is 53.1 Å². The van der Waals surface area contributed by atoms with Gasteiger partial charge in [0.15, 0.2) is 11.4 Å². The van der Waals surface area contributed by atoms with E-state index >= 15 is 0 Å². The van der Waals surface area contributed by atoms with E-state index in [1.165, 1.54) is 6.33 Å². The molecule has 2 heterocycles. The van der Waals surface area contributed by atoms with Crippen LogP contribution in [0.4, 0.5) is 0 Å². The summed E-state index contributed by atoms with van der Waals surface area (Å²) in [6.07, 6.45) is 3.07. The summed E-state index contributed by atoms with van der Waals surface area (Å²) in [5, 5.41) is 9.24. The van der Waals surface area contributed by atoms with Crippen LogP contribution in [0.2, 0.25) is 0 Å². The smallest absolute Gasteiger partial charge is 0.354 e. The lowest BCUT2D eigenvalue weighted by molar-refractivity contribution is 0.0497. The van der Waals surface area contributed by atoms with Gasteiger partial charge in [0.05, 0.1) is 12.4 Å². The molecule has 1 saturated heterocycles. The molecule has 7 heteroatoms. The molecule has 1 fully saturated rings. The number of aromatic amines is 1. The van der Waals surface area contributed by atoms with Crippen LogP contribution in [0.25, 0.3) is 0 Å². The fourth-order valence-electron chi connectivity index (χ4n) is 3.02. The van der Waals surface area contributed by atoms with E-state index in [9.17, 15) is 14.7 Å². The zero-order chi connectivity index (χ0) is 17.8. The first-order valence-corrected chi connectivity index (χ1v) is 8.28. The number of aromatic nitrogens is 2. The Morgan fingerprint density at radius 2 is 2.20 bits per heavy atom. The van der Waals surface area contributed by atoms with Crippen molar-refractivity contribution >= 4 is 11.9 Å². The van der Waals surface area contributed by atoms with Gasteiger partial charge in [0, 0.05) is 19.7 Å². The second-order valence-corrected chi connectivity index (χ2v) is 6.18. The van der Waals surface area contributed by atoms with Crippen molar-refractivity contribution in [2.45, 2.75) is 32.4 Å². The lowest BCUT2D eigenvalue weighted by Crippen LogP contribution is -2.38. The van der Waals surface area contributed by atoms with Crippen molar-refractivity contribution in [3.8, 4) is 0 Å². The molecule has 0 radical (unpaired) electrons. The average Bonchev–Trinajstić information content (AvgIpc) is 3.26. The molecule has 1 amide bonds. The molecule has 25 heavy (non-hydrogen) atoms. The minimum absolute atomic E-state index is 0.0276. The summed E-state index contributed by atoms with van der Waals surface area (Å²) in [4.78, 5) is 32.3. The minimum Gasteiger partial charge on any atom is -0.477 e. The van der Waals surface area contributed by atoms with Gasteiger partial charge in [0.1, 0.15) is 0 Å². The van der Waals surface area contributed by atoms with Gasteiger partial charge in [0.2, 0.25) is 0 Å². The topological polar surface area (TPSA) is 95.5 Å². The molecule has 1 aliphatic heterocycles. The maximum absolute atomic E-state index is 13.0. The third-order valence-electron chi connectivity index (χ3n) is 4.41. The molecule has 3 rings (SSSR count). The number of benzene rings is 1. The summed E-state index contributed by atoms with van der Waals surface area (Å²) in [6, 6.07) is 7.82. The molecular weight excluding hydrogens is 322 g/mol. The van der Waals surface area contributed by atoms with Gasteiger partial charge >= 0.3 is 5.97 Å². The fraction of sp³-hybridized carbons (Fsp3) is 0.389. The second-order valence-electron chi connectivity index (χ2n) is 6.18. The maximum atomic E-state index is 13.0. The van der Waals surface area contributed by atoms with Crippen molar-refractivity contribution < 1.29 is 19.4 Å². The molecule has 1 aromatic carbocycles. The van der Waals surface area contributed by atoms with E-state index in [0.29, 0.717) is 19.7 Å². The minimum atomic E-state index is -1.20. The van der Waals surface area contributed by atoms with Gasteiger partial charge in [0.25, 0.3) is 5.91 Å². The standard InChI is InChI=1S/C18H21N3O4/c1-12-5-2-3-6-13(12)9-21(10-14-7-4-8-25-14)17(22)15-16(18(23)24)20-11-19-15/h2-3,5-6,11,14H,4,7-10H2,1H3,(H,19,20)(H,23,24). The summed E-state index contributed by atoms with van der Waals surface area (Å²) in [5.41, 5.74) is 1.83. The van der Waals surface area contributed by atoms with Crippen LogP contribution in [-0.2, 0) is 11.3 Å². The van der Waals surface area contributed by atoms with Gasteiger partial charge in [-0.15, -0.1) is 0 Å². The second kappa shape index (κ2) is 7.48. The monoisotopic (exact) mass is 343 g/mol. The number of carbonyl (C=O) groups is 2. The van der Waals surface area contributed by atoms with Gasteiger partial charge in [-0.25, -0.2) is 9.78 Å². The Hall–Kier alpha value is -2.67. The Labute approximate surface area is 145 Å². The van der Waals surface area contributed by atoms with Crippen LogP contribution in [0.3, 0.4) is 0 Å². The third kappa shape index (κ3) is 3.88. The highest BCUT2D eigenvalue weighted by Gasteiger charge is 2.28. The number of H-pyrrole nitrogens is 1. The number of carboxylic acid groups (broad SMARTS) is 1. The maximum Gasteiger partial charge on any atom is 0.354 e. The molecule has 132 valence electrons. The summed E-state index contributed by atoms with van der Waals surface area (Å²) in [6.45, 7) is 3.48. The lowest BCUT2D eigenvalue weighted by atomic mass is 10.1. The number of nitrogens with one attached hydrogen (secondary N) is 1. The number of amides is 1. The molecule has 0 saturated carbocycles. The van der Waals surface area contributed by atoms with Crippen molar-refractivity contribution in [1.82, 2.24) is 14.9 Å². The molecule has 1 unspecified atom stereocenters. The van der Waals surface area contributed by atoms with E-state index < -0.39 is 11.9 Å². The van der Waals surface area contributed by atoms with E-state index in [4.69, 9.17) is 4.74 Å². The number of rotatable bonds is 6. The molecule has 1 aliphatic rings. The van der Waals surface area contributed by atoms with E-state index in [1.54, 1.807) is 4.90 Å². The van der Waals surface area contributed by atoms with Gasteiger partial charge in [-0.05, 0) is 30.9 Å². The predicted molar refractivity (Wildman–Crippen MR) is 90.4 cm³/mol. The number of hydrogen-bond donors (Lipinski definition) is 2. The highest BCUT2D eigenvalue weighted by atomic mass is 16.5. The van der Waals surface area contributed by atoms with Gasteiger partial charge in [-0.2, -0.15) is 0 Å². The Kier molecular flexibility index (Phi) is 5.14. The number of aromatic carboxylic acids is 1. The summed E-state index contributed by atoms with van der Waals surface area (Å²) >= 11 is 0. The van der Waals surface area contributed by atoms with Gasteiger partial charge < -0.3 is 19.7 Å². The van der Waals surface area contributed by atoms with Crippen LogP contribution < -0.4 is 0 Å². The Morgan fingerprint density at radius 3 is 2.88 bits per heavy atom. The normalized spacial score (nSPS) is 16.8. The first kappa shape index (κ1) is 17.2. The van der Waals surface area contributed by atoms with Crippen molar-refractivity contribution in [1.29, 1.82) is 0 Å². The SMILES string of the molecule is Cc1ccccc1CN(CC1CCCO1)C(=O)c1nc[nH]c1C(=O)O. The van der Waals surface area contributed by atoms with Crippen LogP contribution in [0.1, 0.15) is 44.9 Å². The van der Waals surface area contributed by atoms with Crippen molar-refractivity contribution in [2.75, 3.05) is 13.2 Å². The quantitative estimate of drug-likeness (QED) is 0.838. The largest absolute Gasteiger partial charge is 0.477 e. The summed E-state index contributed by atoms with van der Waals surface area (Å²) in [7, 11) is 0. The van der Waals surface area contributed by atoms with Crippen molar-refractivity contribution in [3.63, 3.8) is 0 Å². The lowest BCUT2D eigenvalue weighted by Gasteiger charge is -2.26. The first-order chi connectivity index (χ1) is 12.1. The first-order valence-electron chi connectivity index (χ1n) is 8.28. The molecule has 7 nitrogen and oxygen atoms in total. The molecule has 2 aromatic rings. The number of ether oxygens (including phenoxy) is 1. The molecule has 0 spiro atoms. The Balaban J connectivity index is 1.87. The molecule has 0 bridgehead atoms. The van der Waals surface area contributed by atoms with E-state index in [-0.39, 0.29) is 17.5 Å². The zero-order valence-corrected chi connectivity index (χ0v) is 14.1. The van der Waals surface area contributed by atoms with E-state index in [1.807, 2.05) is 31.2 Å². The number of nitrogens with zero attached hydrogens (tertiary/aromatic N) is 2. The molecular formula is C18H21N3O4. The number of aryl methyl sites for hydroxylation is 1. The number of hydrogen-bond acceptors (Lipinski definition) is 4. The van der Waals surface area contributed by atoms with Crippen LogP contribution >= 0.6 is 0 Å². The van der Waals surface area contributed by atoms with Gasteiger partial charge in [-0.1, -0.05) is 24.3 Å². The fourth-order valence-corrected chi connectivity index (χ4v) is 3.02. The van der Waals surface area contributed by atoms with Crippen molar-refractivity contribution in [2.24, 2.45) is 0 Å². The zero-order valence-electron chi connectivity index (χ0n) is 14.1. The van der Waals surface area contributed by atoms with Crippen LogP contribution in [-0.4, -0.2) is 51.1 Å². The molecule has 1 atom stereocenters. The Morgan fingerprint density at radius 1 is 1.40 bits per heavy atom. The summed E-state index contributed by atoms with van der Waals surface area (Å²) < 4.78 is 5.66. The molecule has 1 aromatic heterocycles. The van der Waals surface area contributed by atoms with E-state index in [0.717, 1.165) is 24.0 Å². The van der Waals surface area contributed by atoms with Gasteiger partial charge in [-0.3, -0.25) is 4.79 Å². The number of imidazole rings is 1. The highest BCUT2D eigenvalue weighted by molar-refractivity contribution is 6.02. The van der Waals surface area contributed by atoms with Crippen LogP contribution in [0, 0.1) is 6.92 Å². The Bertz CT molecular complexity index is 765. The third-order valence-corrected chi connectivity index (χ3v) is 4.41. The predicted octanol–water partition coefficient (Wildman–Crippen LogP) is 2.24. The number of carboxylic acids is 1. The average molecular weight is 343 g/mol. The number of carbonyl (C=O) groups excluding carboxylic acids is 1. The van der Waals surface area contributed by atoms with Crippen LogP contribution in [0.15, 0.2) is 30.6 Å². The molecule has 0 aliphatic carbocycles. The van der Waals surface area contributed by atoms with Crippen LogP contribution in [0.5, 0.6) is 0 Å².